The van der Waals surface area contributed by atoms with Gasteiger partial charge in [-0.05, 0) is 49.2 Å². The summed E-state index contributed by atoms with van der Waals surface area (Å²) in [7, 11) is 1.66. The first-order chi connectivity index (χ1) is 9.85. The van der Waals surface area contributed by atoms with Crippen LogP contribution in [-0.4, -0.2) is 20.2 Å². The molecule has 2 aromatic rings. The van der Waals surface area contributed by atoms with Crippen molar-refractivity contribution in [3.8, 4) is 17.2 Å². The molecule has 3 rings (SSSR count). The second-order valence-electron chi connectivity index (χ2n) is 4.97. The van der Waals surface area contributed by atoms with Gasteiger partial charge in [-0.3, -0.25) is 0 Å². The summed E-state index contributed by atoms with van der Waals surface area (Å²) in [5.74, 6) is 2.44. The van der Waals surface area contributed by atoms with E-state index < -0.39 is 0 Å². The molecule has 3 nitrogen and oxygen atoms in total. The number of ether oxygens (including phenoxy) is 2. The van der Waals surface area contributed by atoms with Crippen molar-refractivity contribution in [3.63, 3.8) is 0 Å². The fourth-order valence-electron chi connectivity index (χ4n) is 2.50. The Morgan fingerprint density at radius 3 is 2.25 bits per heavy atom. The van der Waals surface area contributed by atoms with Gasteiger partial charge in [-0.2, -0.15) is 0 Å². The Morgan fingerprint density at radius 2 is 1.55 bits per heavy atom. The summed E-state index contributed by atoms with van der Waals surface area (Å²) in [5, 5.41) is 0. The molecule has 0 saturated carbocycles. The molecule has 1 aliphatic heterocycles. The van der Waals surface area contributed by atoms with Crippen LogP contribution in [0.1, 0.15) is 12.8 Å². The van der Waals surface area contributed by atoms with Crippen LogP contribution >= 0.6 is 0 Å². The molecule has 0 bridgehead atoms. The second-order valence-corrected chi connectivity index (χ2v) is 4.97. The van der Waals surface area contributed by atoms with Crippen molar-refractivity contribution in [2.45, 2.75) is 12.8 Å². The van der Waals surface area contributed by atoms with Crippen LogP contribution in [0.4, 0.5) is 5.69 Å². The fraction of sp³-hybridized carbons (Fsp3) is 0.294. The fourth-order valence-corrected chi connectivity index (χ4v) is 2.50. The summed E-state index contributed by atoms with van der Waals surface area (Å²) >= 11 is 0. The summed E-state index contributed by atoms with van der Waals surface area (Å²) in [6.07, 6.45) is 2.59. The maximum atomic E-state index is 5.84. The van der Waals surface area contributed by atoms with Crippen LogP contribution < -0.4 is 14.4 Å². The van der Waals surface area contributed by atoms with Gasteiger partial charge in [-0.25, -0.2) is 0 Å². The van der Waals surface area contributed by atoms with Gasteiger partial charge in [0.25, 0.3) is 0 Å². The first-order valence-corrected chi connectivity index (χ1v) is 7.02. The van der Waals surface area contributed by atoms with Crippen molar-refractivity contribution < 1.29 is 9.47 Å². The number of rotatable bonds is 4. The maximum Gasteiger partial charge on any atom is 0.131 e. The van der Waals surface area contributed by atoms with Gasteiger partial charge >= 0.3 is 0 Å². The summed E-state index contributed by atoms with van der Waals surface area (Å²) in [4.78, 5) is 2.41. The van der Waals surface area contributed by atoms with Crippen LogP contribution in [-0.2, 0) is 0 Å². The zero-order valence-electron chi connectivity index (χ0n) is 11.7. The van der Waals surface area contributed by atoms with E-state index in [4.69, 9.17) is 9.47 Å². The molecule has 1 fully saturated rings. The molecule has 0 aliphatic carbocycles. The van der Waals surface area contributed by atoms with E-state index in [0.717, 1.165) is 30.3 Å². The molecule has 0 spiro atoms. The molecule has 20 heavy (non-hydrogen) atoms. The Labute approximate surface area is 119 Å². The van der Waals surface area contributed by atoms with Gasteiger partial charge in [-0.15, -0.1) is 0 Å². The first kappa shape index (κ1) is 12.9. The van der Waals surface area contributed by atoms with Crippen LogP contribution in [0.25, 0.3) is 0 Å². The molecule has 0 atom stereocenters. The van der Waals surface area contributed by atoms with Gasteiger partial charge in [0, 0.05) is 24.8 Å². The molecule has 104 valence electrons. The molecule has 0 amide bonds. The highest BCUT2D eigenvalue weighted by atomic mass is 16.5. The van der Waals surface area contributed by atoms with E-state index in [2.05, 4.69) is 17.0 Å². The third-order valence-corrected chi connectivity index (χ3v) is 3.58. The molecular weight excluding hydrogens is 250 g/mol. The number of hydrogen-bond donors (Lipinski definition) is 0. The molecule has 0 N–H and O–H groups in total. The summed E-state index contributed by atoms with van der Waals surface area (Å²) in [6.45, 7) is 2.33. The van der Waals surface area contributed by atoms with Crippen molar-refractivity contribution in [3.05, 3.63) is 48.5 Å². The lowest BCUT2D eigenvalue weighted by Gasteiger charge is -2.17. The lowest BCUT2D eigenvalue weighted by atomic mass is 10.2. The Hall–Kier alpha value is -2.16. The third-order valence-electron chi connectivity index (χ3n) is 3.58. The normalized spacial score (nSPS) is 14.3. The number of nitrogens with zero attached hydrogens (tertiary/aromatic N) is 1. The molecule has 0 unspecified atom stereocenters. The van der Waals surface area contributed by atoms with Crippen molar-refractivity contribution in [1.82, 2.24) is 0 Å². The van der Waals surface area contributed by atoms with Crippen LogP contribution in [0.2, 0.25) is 0 Å². The zero-order valence-corrected chi connectivity index (χ0v) is 11.7. The minimum atomic E-state index is 0.790. The van der Waals surface area contributed by atoms with Crippen LogP contribution in [0, 0.1) is 0 Å². The minimum Gasteiger partial charge on any atom is -0.497 e. The SMILES string of the molecule is COc1cccc(Oc2ccc(N3CCCC3)cc2)c1. The van der Waals surface area contributed by atoms with Crippen molar-refractivity contribution in [2.24, 2.45) is 0 Å². The van der Waals surface area contributed by atoms with E-state index in [-0.39, 0.29) is 0 Å². The Balaban J connectivity index is 1.71. The topological polar surface area (TPSA) is 21.7 Å². The first-order valence-electron chi connectivity index (χ1n) is 7.02. The van der Waals surface area contributed by atoms with Gasteiger partial charge in [0.1, 0.15) is 17.2 Å². The maximum absolute atomic E-state index is 5.84. The molecule has 0 radical (unpaired) electrons. The third kappa shape index (κ3) is 2.87. The molecule has 1 saturated heterocycles. The van der Waals surface area contributed by atoms with Crippen LogP contribution in [0.15, 0.2) is 48.5 Å². The van der Waals surface area contributed by atoms with E-state index in [9.17, 15) is 0 Å². The highest BCUT2D eigenvalue weighted by molar-refractivity contribution is 5.50. The summed E-state index contributed by atoms with van der Waals surface area (Å²) in [5.41, 5.74) is 1.28. The molecular formula is C17H19NO2. The number of anilines is 1. The number of methoxy groups -OCH3 is 1. The smallest absolute Gasteiger partial charge is 0.131 e. The second kappa shape index (κ2) is 5.87. The van der Waals surface area contributed by atoms with Crippen molar-refractivity contribution >= 4 is 5.69 Å². The Morgan fingerprint density at radius 1 is 0.850 bits per heavy atom. The lowest BCUT2D eigenvalue weighted by Crippen LogP contribution is -2.17. The summed E-state index contributed by atoms with van der Waals surface area (Å²) < 4.78 is 11.0. The van der Waals surface area contributed by atoms with Crippen molar-refractivity contribution in [2.75, 3.05) is 25.1 Å². The molecule has 1 aliphatic rings. The average Bonchev–Trinajstić information content (AvgIpc) is 3.02. The standard InChI is InChI=1S/C17H19NO2/c1-19-16-5-4-6-17(13-16)20-15-9-7-14(8-10-15)18-11-2-3-12-18/h4-10,13H,2-3,11-12H2,1H3. The predicted molar refractivity (Wildman–Crippen MR) is 81.0 cm³/mol. The largest absolute Gasteiger partial charge is 0.497 e. The average molecular weight is 269 g/mol. The lowest BCUT2D eigenvalue weighted by molar-refractivity contribution is 0.409. The zero-order chi connectivity index (χ0) is 13.8. The van der Waals surface area contributed by atoms with E-state index in [1.54, 1.807) is 7.11 Å². The number of hydrogen-bond acceptors (Lipinski definition) is 3. The van der Waals surface area contributed by atoms with Gasteiger partial charge < -0.3 is 14.4 Å². The van der Waals surface area contributed by atoms with Gasteiger partial charge in [0.15, 0.2) is 0 Å². The van der Waals surface area contributed by atoms with E-state index in [1.807, 2.05) is 36.4 Å². The monoisotopic (exact) mass is 269 g/mol. The van der Waals surface area contributed by atoms with Gasteiger partial charge in [-0.1, -0.05) is 6.07 Å². The highest BCUT2D eigenvalue weighted by Gasteiger charge is 2.11. The van der Waals surface area contributed by atoms with Crippen molar-refractivity contribution in [1.29, 1.82) is 0 Å². The van der Waals surface area contributed by atoms with Crippen LogP contribution in [0.5, 0.6) is 17.2 Å². The molecule has 1 heterocycles. The van der Waals surface area contributed by atoms with E-state index in [1.165, 1.54) is 18.5 Å². The van der Waals surface area contributed by atoms with E-state index in [0.29, 0.717) is 0 Å². The quantitative estimate of drug-likeness (QED) is 0.834. The number of benzene rings is 2. The van der Waals surface area contributed by atoms with Gasteiger partial charge in [0.2, 0.25) is 0 Å². The minimum absolute atomic E-state index is 0.790. The van der Waals surface area contributed by atoms with E-state index >= 15 is 0 Å². The van der Waals surface area contributed by atoms with Crippen LogP contribution in [0.3, 0.4) is 0 Å². The predicted octanol–water partition coefficient (Wildman–Crippen LogP) is 4.09. The molecule has 0 aromatic heterocycles. The molecule has 3 heteroatoms. The summed E-state index contributed by atoms with van der Waals surface area (Å²) in [6, 6.07) is 15.9. The van der Waals surface area contributed by atoms with Gasteiger partial charge in [0.05, 0.1) is 7.11 Å². The molecule has 2 aromatic carbocycles. The Kier molecular flexibility index (Phi) is 3.77. The highest BCUT2D eigenvalue weighted by Crippen LogP contribution is 2.28. The Bertz CT molecular complexity index is 559.